The smallest absolute Gasteiger partial charge is 0.408 e. The van der Waals surface area contributed by atoms with Gasteiger partial charge in [-0.2, -0.15) is 0 Å². The van der Waals surface area contributed by atoms with Crippen LogP contribution in [0.1, 0.15) is 34.6 Å². The summed E-state index contributed by atoms with van der Waals surface area (Å²) in [5.41, 5.74) is 7.95. The summed E-state index contributed by atoms with van der Waals surface area (Å²) in [6, 6.07) is 5.85. The summed E-state index contributed by atoms with van der Waals surface area (Å²) in [6.07, 6.45) is 1.76. The van der Waals surface area contributed by atoms with Crippen molar-refractivity contribution in [1.29, 1.82) is 0 Å². The summed E-state index contributed by atoms with van der Waals surface area (Å²) >= 11 is 0. The number of carbonyl (C=O) groups excluding carboxylic acids is 1. The van der Waals surface area contributed by atoms with Gasteiger partial charge in [0.1, 0.15) is 0 Å². The van der Waals surface area contributed by atoms with Crippen molar-refractivity contribution in [3.05, 3.63) is 24.4 Å². The predicted octanol–water partition coefficient (Wildman–Crippen LogP) is 4.92. The number of nitrogens with zero attached hydrogens (tertiary/aromatic N) is 2. The van der Waals surface area contributed by atoms with Gasteiger partial charge in [0.15, 0.2) is 14.0 Å². The Bertz CT molecular complexity index is 771. The molecule has 25 heavy (non-hydrogen) atoms. The molecule has 0 spiro atoms. The van der Waals surface area contributed by atoms with Crippen molar-refractivity contribution in [3.8, 4) is 5.75 Å². The van der Waals surface area contributed by atoms with Crippen LogP contribution in [0.3, 0.4) is 0 Å². The average Bonchev–Trinajstić information content (AvgIpc) is 2.95. The number of nitrogen functional groups attached to an aromatic ring is 1. The van der Waals surface area contributed by atoms with Crippen LogP contribution in [-0.4, -0.2) is 36.6 Å². The quantitative estimate of drug-likeness (QED) is 0.621. The monoisotopic (exact) mass is 361 g/mol. The van der Waals surface area contributed by atoms with Crippen molar-refractivity contribution < 1.29 is 9.53 Å². The lowest BCUT2D eigenvalue weighted by Gasteiger charge is -2.38. The zero-order valence-electron chi connectivity index (χ0n) is 16.5. The van der Waals surface area contributed by atoms with Gasteiger partial charge < -0.3 is 19.6 Å². The molecule has 1 aromatic heterocycles. The molecule has 1 aromatic carbocycles. The molecule has 1 amide bonds. The highest BCUT2D eigenvalue weighted by atomic mass is 28.3. The molecule has 1 heterocycles. The van der Waals surface area contributed by atoms with Crippen LogP contribution in [-0.2, 0) is 0 Å². The molecule has 0 radical (unpaired) electrons. The number of fused-ring (bicyclic) bond motifs is 1. The van der Waals surface area contributed by atoms with E-state index in [1.54, 1.807) is 4.90 Å². The Morgan fingerprint density at radius 2 is 1.80 bits per heavy atom. The molecule has 2 rings (SSSR count). The Labute approximate surface area is 151 Å². The van der Waals surface area contributed by atoms with Crippen molar-refractivity contribution in [2.45, 2.75) is 52.8 Å². The molecular weight excluding hydrogens is 330 g/mol. The summed E-state index contributed by atoms with van der Waals surface area (Å²) in [7, 11) is -1.75. The molecule has 2 N–H and O–H groups in total. The van der Waals surface area contributed by atoms with E-state index in [0.29, 0.717) is 24.5 Å². The lowest BCUT2D eigenvalue weighted by molar-refractivity contribution is 0.157. The molecule has 0 saturated carbocycles. The third kappa shape index (κ3) is 3.40. The topological polar surface area (TPSA) is 60.5 Å². The van der Waals surface area contributed by atoms with Gasteiger partial charge in [0.25, 0.3) is 0 Å². The van der Waals surface area contributed by atoms with Crippen molar-refractivity contribution in [2.24, 2.45) is 0 Å². The summed E-state index contributed by atoms with van der Waals surface area (Å²) in [6.45, 7) is 16.7. The molecule has 0 atom stereocenters. The van der Waals surface area contributed by atoms with Crippen molar-refractivity contribution >= 4 is 30.9 Å². The van der Waals surface area contributed by atoms with Gasteiger partial charge in [0.2, 0.25) is 0 Å². The van der Waals surface area contributed by atoms with Crippen LogP contribution in [0.2, 0.25) is 18.1 Å². The second-order valence-corrected chi connectivity index (χ2v) is 13.0. The lowest BCUT2D eigenvalue weighted by Crippen LogP contribution is -2.44. The van der Waals surface area contributed by atoms with Crippen LogP contribution in [0.5, 0.6) is 5.75 Å². The number of aromatic nitrogens is 1. The van der Waals surface area contributed by atoms with Crippen LogP contribution < -0.4 is 10.5 Å². The fraction of sp³-hybridized carbons (Fsp3) is 0.526. The van der Waals surface area contributed by atoms with Gasteiger partial charge in [-0.25, -0.2) is 4.79 Å². The normalized spacial score (nSPS) is 12.4. The molecule has 138 valence electrons. The summed E-state index contributed by atoms with van der Waals surface area (Å²) < 4.78 is 7.91. The largest absolute Gasteiger partial charge is 0.415 e. The first kappa shape index (κ1) is 19.4. The zero-order chi connectivity index (χ0) is 19.0. The Kier molecular flexibility index (Phi) is 5.23. The van der Waals surface area contributed by atoms with Gasteiger partial charge in [-0.15, -0.1) is 0 Å². The molecular formula is C19H31N3O2Si. The molecule has 0 aliphatic rings. The van der Waals surface area contributed by atoms with E-state index >= 15 is 0 Å². The minimum Gasteiger partial charge on any atom is -0.408 e. The maximum absolute atomic E-state index is 12.2. The van der Waals surface area contributed by atoms with Crippen LogP contribution >= 0.6 is 0 Å². The van der Waals surface area contributed by atoms with Crippen molar-refractivity contribution in [1.82, 2.24) is 9.13 Å². The third-order valence-corrected chi connectivity index (χ3v) is 10.8. The maximum Gasteiger partial charge on any atom is 0.415 e. The molecule has 6 heteroatoms. The predicted molar refractivity (Wildman–Crippen MR) is 108 cm³/mol. The summed E-state index contributed by atoms with van der Waals surface area (Å²) in [4.78, 5) is 13.8. The number of hydrogen-bond donors (Lipinski definition) is 1. The Morgan fingerprint density at radius 1 is 1.20 bits per heavy atom. The number of rotatable bonds is 4. The van der Waals surface area contributed by atoms with Crippen LogP contribution in [0.25, 0.3) is 10.9 Å². The van der Waals surface area contributed by atoms with E-state index < -0.39 is 8.24 Å². The van der Waals surface area contributed by atoms with Crippen LogP contribution in [0.4, 0.5) is 10.5 Å². The first-order chi connectivity index (χ1) is 11.5. The maximum atomic E-state index is 12.2. The SMILES string of the molecule is CCN(CC)C(=O)Oc1ccc2c(ccn2[Si](C)(C)C(C)(C)C)c1N. The number of ether oxygens (including phenoxy) is 1. The lowest BCUT2D eigenvalue weighted by atomic mass is 10.2. The van der Waals surface area contributed by atoms with Gasteiger partial charge in [0, 0.05) is 24.0 Å². The van der Waals surface area contributed by atoms with E-state index in [2.05, 4.69) is 44.3 Å². The molecule has 0 unspecified atom stereocenters. The van der Waals surface area contributed by atoms with E-state index in [9.17, 15) is 4.79 Å². The van der Waals surface area contributed by atoms with Crippen LogP contribution in [0, 0.1) is 0 Å². The minimum atomic E-state index is -1.75. The first-order valence-corrected chi connectivity index (χ1v) is 11.9. The molecule has 5 nitrogen and oxygen atoms in total. The van der Waals surface area contributed by atoms with Crippen molar-refractivity contribution in [3.63, 3.8) is 0 Å². The molecule has 0 fully saturated rings. The van der Waals surface area contributed by atoms with E-state index in [-0.39, 0.29) is 11.1 Å². The van der Waals surface area contributed by atoms with Crippen molar-refractivity contribution in [2.75, 3.05) is 18.8 Å². The molecule has 0 aliphatic carbocycles. The van der Waals surface area contributed by atoms with Gasteiger partial charge in [0.05, 0.1) is 5.69 Å². The zero-order valence-corrected chi connectivity index (χ0v) is 17.5. The standard InChI is InChI=1S/C19H31N3O2Si/c1-8-21(9-2)18(23)24-16-11-10-15-14(17(16)20)12-13-22(15)25(6,7)19(3,4)5/h10-13H,8-9,20H2,1-7H3. The average molecular weight is 362 g/mol. The van der Waals surface area contributed by atoms with E-state index in [4.69, 9.17) is 10.5 Å². The van der Waals surface area contributed by atoms with Gasteiger partial charge in [-0.1, -0.05) is 33.9 Å². The van der Waals surface area contributed by atoms with Gasteiger partial charge in [-0.3, -0.25) is 0 Å². The highest BCUT2D eigenvalue weighted by Crippen LogP contribution is 2.40. The highest BCUT2D eigenvalue weighted by Gasteiger charge is 2.38. The number of nitrogens with two attached hydrogens (primary N) is 1. The Morgan fingerprint density at radius 3 is 2.32 bits per heavy atom. The summed E-state index contributed by atoms with van der Waals surface area (Å²) in [5, 5.41) is 1.15. The second kappa shape index (κ2) is 6.75. The number of hydrogen-bond acceptors (Lipinski definition) is 3. The number of benzene rings is 1. The number of amides is 1. The summed E-state index contributed by atoms with van der Waals surface area (Å²) in [5.74, 6) is 0.428. The van der Waals surface area contributed by atoms with Crippen LogP contribution in [0.15, 0.2) is 24.4 Å². The first-order valence-electron chi connectivity index (χ1n) is 8.91. The van der Waals surface area contributed by atoms with E-state index in [1.807, 2.05) is 32.0 Å². The molecule has 2 aromatic rings. The Balaban J connectivity index is 2.45. The Hall–Kier alpha value is -1.95. The second-order valence-electron chi connectivity index (χ2n) is 7.95. The minimum absolute atomic E-state index is 0.210. The molecule has 0 saturated heterocycles. The fourth-order valence-corrected chi connectivity index (χ4v) is 4.76. The van der Waals surface area contributed by atoms with Gasteiger partial charge >= 0.3 is 6.09 Å². The highest BCUT2D eigenvalue weighted by molar-refractivity contribution is 6.79. The number of anilines is 1. The van der Waals surface area contributed by atoms with E-state index in [1.165, 1.54) is 0 Å². The third-order valence-electron chi connectivity index (χ3n) is 5.53. The van der Waals surface area contributed by atoms with E-state index in [0.717, 1.165) is 10.9 Å². The van der Waals surface area contributed by atoms with Gasteiger partial charge in [-0.05, 0) is 43.3 Å². The number of carbonyl (C=O) groups is 1. The molecule has 0 bridgehead atoms. The fourth-order valence-electron chi connectivity index (χ4n) is 2.80. The molecule has 0 aliphatic heterocycles.